The summed E-state index contributed by atoms with van der Waals surface area (Å²) in [4.78, 5) is 32.6. The summed E-state index contributed by atoms with van der Waals surface area (Å²) in [5, 5.41) is 5.67. The Kier molecular flexibility index (Phi) is 8.15. The van der Waals surface area contributed by atoms with Crippen molar-refractivity contribution in [2.45, 2.75) is 39.7 Å². The fourth-order valence-corrected chi connectivity index (χ4v) is 5.08. The van der Waals surface area contributed by atoms with Crippen LogP contribution in [0.1, 0.15) is 45.2 Å². The molecule has 4 rings (SSSR count). The van der Waals surface area contributed by atoms with Crippen LogP contribution in [0.25, 0.3) is 0 Å². The number of fused-ring (bicyclic) bond motifs is 1. The molecule has 0 saturated heterocycles. The van der Waals surface area contributed by atoms with Gasteiger partial charge in [-0.15, -0.1) is 0 Å². The average molecular weight is 506 g/mol. The lowest BCUT2D eigenvalue weighted by Gasteiger charge is -2.36. The first-order valence-corrected chi connectivity index (χ1v) is 12.9. The Balaban J connectivity index is 1.72. The highest BCUT2D eigenvalue weighted by Gasteiger charge is 2.41. The van der Waals surface area contributed by atoms with Crippen LogP contribution in [0.2, 0.25) is 0 Å². The van der Waals surface area contributed by atoms with E-state index in [0.717, 1.165) is 22.2 Å². The molecule has 1 N–H and O–H groups in total. The van der Waals surface area contributed by atoms with Crippen LogP contribution in [0.15, 0.2) is 82.0 Å². The molecule has 36 heavy (non-hydrogen) atoms. The van der Waals surface area contributed by atoms with E-state index >= 15 is 0 Å². The van der Waals surface area contributed by atoms with E-state index in [4.69, 9.17) is 14.5 Å². The molecular formula is C28H31N3O4S. The smallest absolute Gasteiger partial charge is 0.338 e. The van der Waals surface area contributed by atoms with Gasteiger partial charge in [-0.05, 0) is 47.6 Å². The van der Waals surface area contributed by atoms with Crippen LogP contribution >= 0.6 is 11.8 Å². The third kappa shape index (κ3) is 5.65. The SMILES string of the molecule is CCC1=C(C(=O)OC)C(c2cccc(Oc3ccccc3)c2)N2C(CC(=O)NCC(C)C)=CSC2=N1. The highest BCUT2D eigenvalue weighted by molar-refractivity contribution is 8.16. The summed E-state index contributed by atoms with van der Waals surface area (Å²) in [7, 11) is 1.38. The first-order chi connectivity index (χ1) is 17.4. The van der Waals surface area contributed by atoms with Gasteiger partial charge < -0.3 is 19.7 Å². The Morgan fingerprint density at radius 3 is 2.56 bits per heavy atom. The summed E-state index contributed by atoms with van der Waals surface area (Å²) in [5.41, 5.74) is 2.78. The molecule has 0 aliphatic carbocycles. The van der Waals surface area contributed by atoms with Crippen molar-refractivity contribution < 1.29 is 19.1 Å². The summed E-state index contributed by atoms with van der Waals surface area (Å²) < 4.78 is 11.3. The molecule has 1 amide bonds. The summed E-state index contributed by atoms with van der Waals surface area (Å²) in [6.07, 6.45) is 0.759. The second kappa shape index (κ2) is 11.5. The van der Waals surface area contributed by atoms with Crippen LogP contribution in [-0.2, 0) is 14.3 Å². The van der Waals surface area contributed by atoms with Crippen LogP contribution in [0.4, 0.5) is 0 Å². The third-order valence-electron chi connectivity index (χ3n) is 5.83. The van der Waals surface area contributed by atoms with Gasteiger partial charge >= 0.3 is 5.97 Å². The van der Waals surface area contributed by atoms with Crippen LogP contribution in [0.3, 0.4) is 0 Å². The van der Waals surface area contributed by atoms with Gasteiger partial charge in [-0.3, -0.25) is 4.79 Å². The number of para-hydroxylation sites is 1. The number of allylic oxidation sites excluding steroid dienone is 1. The predicted octanol–water partition coefficient (Wildman–Crippen LogP) is 5.78. The molecular weight excluding hydrogens is 474 g/mol. The van der Waals surface area contributed by atoms with Crippen LogP contribution in [-0.4, -0.2) is 35.6 Å². The standard InChI is InChI=1S/C28H31N3O4S/c1-5-23-25(27(33)34-4)26(19-10-9-13-22(14-19)35-21-11-7-6-8-12-21)31-20(17-36-28(31)30-23)15-24(32)29-16-18(2)3/h6-14,17-18,26H,5,15-16H2,1-4H3,(H,29,32). The van der Waals surface area contributed by atoms with E-state index < -0.39 is 12.0 Å². The van der Waals surface area contributed by atoms with Crippen molar-refractivity contribution in [2.24, 2.45) is 10.9 Å². The zero-order valence-corrected chi connectivity index (χ0v) is 21.8. The minimum atomic E-state index is -0.502. The molecule has 2 aromatic rings. The third-order valence-corrected chi connectivity index (χ3v) is 6.72. The van der Waals surface area contributed by atoms with Crippen molar-refractivity contribution in [1.29, 1.82) is 0 Å². The topological polar surface area (TPSA) is 80.2 Å². The number of benzene rings is 2. The van der Waals surface area contributed by atoms with Crippen molar-refractivity contribution in [3.8, 4) is 11.5 Å². The lowest BCUT2D eigenvalue weighted by molar-refractivity contribution is -0.136. The monoisotopic (exact) mass is 505 g/mol. The predicted molar refractivity (Wildman–Crippen MR) is 142 cm³/mol. The number of amidine groups is 1. The average Bonchev–Trinajstić information content (AvgIpc) is 3.28. The van der Waals surface area contributed by atoms with Crippen molar-refractivity contribution in [2.75, 3.05) is 13.7 Å². The van der Waals surface area contributed by atoms with E-state index in [2.05, 4.69) is 19.2 Å². The summed E-state index contributed by atoms with van der Waals surface area (Å²) in [6, 6.07) is 16.7. The highest BCUT2D eigenvalue weighted by Crippen LogP contribution is 2.46. The number of methoxy groups -OCH3 is 1. The first kappa shape index (κ1) is 25.6. The number of hydrogen-bond donors (Lipinski definition) is 1. The Bertz CT molecular complexity index is 1220. The molecule has 1 unspecified atom stereocenters. The van der Waals surface area contributed by atoms with E-state index in [1.165, 1.54) is 18.9 Å². The van der Waals surface area contributed by atoms with Gasteiger partial charge in [-0.1, -0.05) is 62.9 Å². The first-order valence-electron chi connectivity index (χ1n) is 12.1. The number of nitrogens with zero attached hydrogens (tertiary/aromatic N) is 2. The second-order valence-corrected chi connectivity index (χ2v) is 9.80. The minimum absolute atomic E-state index is 0.0680. The molecule has 0 spiro atoms. The van der Waals surface area contributed by atoms with Crippen LogP contribution < -0.4 is 10.1 Å². The number of aliphatic imine (C=N–C) groups is 1. The van der Waals surface area contributed by atoms with Gasteiger partial charge in [0, 0.05) is 12.2 Å². The molecule has 0 bridgehead atoms. The molecule has 7 nitrogen and oxygen atoms in total. The Morgan fingerprint density at radius 2 is 1.86 bits per heavy atom. The van der Waals surface area contributed by atoms with Gasteiger partial charge in [0.2, 0.25) is 5.91 Å². The quantitative estimate of drug-likeness (QED) is 0.435. The number of carbonyl (C=O) groups is 2. The Hall–Kier alpha value is -3.52. The van der Waals surface area contributed by atoms with Gasteiger partial charge in [0.15, 0.2) is 5.17 Å². The molecule has 8 heteroatoms. The van der Waals surface area contributed by atoms with Crippen LogP contribution in [0.5, 0.6) is 11.5 Å². The van der Waals surface area contributed by atoms with Gasteiger partial charge in [0.05, 0.1) is 30.8 Å². The fraction of sp³-hybridized carbons (Fsp3) is 0.321. The van der Waals surface area contributed by atoms with Gasteiger partial charge in [-0.25, -0.2) is 9.79 Å². The fourth-order valence-electron chi connectivity index (χ4n) is 4.15. The molecule has 2 aromatic carbocycles. The number of amides is 1. The molecule has 1 atom stereocenters. The molecule has 2 aliphatic heterocycles. The van der Waals surface area contributed by atoms with E-state index in [1.807, 2.05) is 71.8 Å². The van der Waals surface area contributed by atoms with Gasteiger partial charge in [0.25, 0.3) is 0 Å². The zero-order chi connectivity index (χ0) is 25.7. The van der Waals surface area contributed by atoms with Gasteiger partial charge in [-0.2, -0.15) is 0 Å². The summed E-state index contributed by atoms with van der Waals surface area (Å²) in [5.74, 6) is 1.22. The molecule has 2 aliphatic rings. The summed E-state index contributed by atoms with van der Waals surface area (Å²) >= 11 is 1.46. The van der Waals surface area contributed by atoms with Crippen molar-refractivity contribution in [1.82, 2.24) is 10.2 Å². The Morgan fingerprint density at radius 1 is 1.11 bits per heavy atom. The molecule has 0 fully saturated rings. The second-order valence-electron chi connectivity index (χ2n) is 8.96. The maximum atomic E-state index is 13.1. The van der Waals surface area contributed by atoms with Crippen LogP contribution in [0, 0.1) is 5.92 Å². The van der Waals surface area contributed by atoms with Crippen molar-refractivity contribution >= 4 is 28.8 Å². The number of ether oxygens (including phenoxy) is 2. The molecule has 0 aromatic heterocycles. The van der Waals surface area contributed by atoms with Crippen molar-refractivity contribution in [3.05, 3.63) is 82.5 Å². The molecule has 2 heterocycles. The zero-order valence-electron chi connectivity index (χ0n) is 21.0. The summed E-state index contributed by atoms with van der Waals surface area (Å²) in [6.45, 7) is 6.69. The van der Waals surface area contributed by atoms with E-state index in [9.17, 15) is 9.59 Å². The number of nitrogens with one attached hydrogen (secondary N) is 1. The van der Waals surface area contributed by atoms with Gasteiger partial charge in [0.1, 0.15) is 11.5 Å². The number of rotatable bonds is 9. The normalized spacial score (nSPS) is 16.9. The maximum Gasteiger partial charge on any atom is 0.338 e. The minimum Gasteiger partial charge on any atom is -0.466 e. The number of hydrogen-bond acceptors (Lipinski definition) is 7. The molecule has 188 valence electrons. The maximum absolute atomic E-state index is 13.1. The number of thioether (sulfide) groups is 1. The largest absolute Gasteiger partial charge is 0.466 e. The van der Waals surface area contributed by atoms with E-state index in [0.29, 0.717) is 35.9 Å². The van der Waals surface area contributed by atoms with E-state index in [1.54, 1.807) is 0 Å². The van der Waals surface area contributed by atoms with Crippen molar-refractivity contribution in [3.63, 3.8) is 0 Å². The lowest BCUT2D eigenvalue weighted by atomic mass is 9.92. The number of esters is 1. The lowest BCUT2D eigenvalue weighted by Crippen LogP contribution is -2.38. The van der Waals surface area contributed by atoms with E-state index in [-0.39, 0.29) is 12.3 Å². The Labute approximate surface area is 216 Å². The molecule has 0 saturated carbocycles. The highest BCUT2D eigenvalue weighted by atomic mass is 32.2. The molecule has 0 radical (unpaired) electrons. The number of carbonyl (C=O) groups excluding carboxylic acids is 2.